The Hall–Kier alpha value is -1.59. The Labute approximate surface area is 348 Å². The summed E-state index contributed by atoms with van der Waals surface area (Å²) in [5.74, 6) is 0.831. The van der Waals surface area contributed by atoms with Gasteiger partial charge >= 0.3 is 17.9 Å². The number of hydrogen-bond donors (Lipinski definition) is 0. The predicted octanol–water partition coefficient (Wildman–Crippen LogP) is 15.8. The van der Waals surface area contributed by atoms with Gasteiger partial charge in [0.2, 0.25) is 0 Å². The van der Waals surface area contributed by atoms with Gasteiger partial charge in [-0.05, 0) is 31.1 Å². The second-order valence-electron chi connectivity index (χ2n) is 17.8. The zero-order valence-corrected chi connectivity index (χ0v) is 38.3. The van der Waals surface area contributed by atoms with Crippen molar-refractivity contribution in [3.05, 3.63) is 0 Å². The number of carbonyl (C=O) groups is 3. The number of unbranched alkanes of at least 4 members (excludes halogenated alkanes) is 28. The minimum absolute atomic E-state index is 0.0644. The van der Waals surface area contributed by atoms with E-state index >= 15 is 0 Å². The minimum Gasteiger partial charge on any atom is -0.462 e. The third kappa shape index (κ3) is 42.0. The molecule has 0 aliphatic heterocycles. The molecule has 0 saturated heterocycles. The topological polar surface area (TPSA) is 78.9 Å². The largest absolute Gasteiger partial charge is 0.462 e. The van der Waals surface area contributed by atoms with Crippen molar-refractivity contribution in [2.45, 2.75) is 278 Å². The van der Waals surface area contributed by atoms with E-state index in [2.05, 4.69) is 34.6 Å². The highest BCUT2D eigenvalue weighted by Gasteiger charge is 2.19. The molecule has 56 heavy (non-hydrogen) atoms. The van der Waals surface area contributed by atoms with Gasteiger partial charge in [0.25, 0.3) is 0 Å². The van der Waals surface area contributed by atoms with Crippen LogP contribution in [0.3, 0.4) is 0 Å². The molecule has 0 aromatic heterocycles. The lowest BCUT2D eigenvalue weighted by Crippen LogP contribution is -2.30. The van der Waals surface area contributed by atoms with Crippen molar-refractivity contribution in [3.63, 3.8) is 0 Å². The van der Waals surface area contributed by atoms with Crippen LogP contribution in [0, 0.1) is 11.8 Å². The molecule has 332 valence electrons. The summed E-state index contributed by atoms with van der Waals surface area (Å²) in [6.45, 7) is 11.4. The van der Waals surface area contributed by atoms with Gasteiger partial charge in [-0.25, -0.2) is 0 Å². The predicted molar refractivity (Wildman–Crippen MR) is 238 cm³/mol. The van der Waals surface area contributed by atoms with E-state index in [9.17, 15) is 14.4 Å². The lowest BCUT2D eigenvalue weighted by Gasteiger charge is -2.18. The van der Waals surface area contributed by atoms with Crippen LogP contribution in [0.25, 0.3) is 0 Å². The molecule has 0 spiro atoms. The Bertz CT molecular complexity index is 856. The van der Waals surface area contributed by atoms with Crippen molar-refractivity contribution >= 4 is 17.9 Å². The second-order valence-corrected chi connectivity index (χ2v) is 17.8. The van der Waals surface area contributed by atoms with Crippen molar-refractivity contribution in [1.82, 2.24) is 0 Å². The summed E-state index contributed by atoms with van der Waals surface area (Å²) in [5, 5.41) is 0. The van der Waals surface area contributed by atoms with Gasteiger partial charge in [-0.3, -0.25) is 14.4 Å². The average Bonchev–Trinajstić information content (AvgIpc) is 3.18. The van der Waals surface area contributed by atoms with E-state index < -0.39 is 6.10 Å². The minimum atomic E-state index is -0.761. The van der Waals surface area contributed by atoms with Gasteiger partial charge in [0.1, 0.15) is 13.2 Å². The number of hydrogen-bond acceptors (Lipinski definition) is 6. The monoisotopic (exact) mass is 793 g/mol. The molecule has 0 aromatic rings. The highest BCUT2D eigenvalue weighted by molar-refractivity contribution is 5.71. The highest BCUT2D eigenvalue weighted by Crippen LogP contribution is 2.17. The standard InChI is InChI=1S/C50H96O6/c1-6-8-9-10-11-12-19-25-30-35-40-48(51)54-43-47(56-50(53)42-37-32-27-22-21-24-29-34-39-46(5)7-2)44-55-49(52)41-36-31-26-20-17-15-13-14-16-18-23-28-33-38-45(3)4/h45-47H,6-44H2,1-5H3/t46?,47-/m0/s1. The molecule has 0 aromatic carbocycles. The third-order valence-electron chi connectivity index (χ3n) is 11.6. The summed E-state index contributed by atoms with van der Waals surface area (Å²) in [7, 11) is 0. The smallest absolute Gasteiger partial charge is 0.306 e. The molecule has 0 aliphatic carbocycles. The Kier molecular flexibility index (Phi) is 41.8. The van der Waals surface area contributed by atoms with Gasteiger partial charge in [0, 0.05) is 19.3 Å². The average molecular weight is 793 g/mol. The van der Waals surface area contributed by atoms with Crippen molar-refractivity contribution in [3.8, 4) is 0 Å². The SMILES string of the molecule is CCCCCCCCCCCCC(=O)OC[C@@H](COC(=O)CCCCCCCCCCCCCCCC(C)C)OC(=O)CCCCCCCCCCC(C)CC. The van der Waals surface area contributed by atoms with Crippen molar-refractivity contribution in [2.75, 3.05) is 13.2 Å². The molecule has 0 amide bonds. The van der Waals surface area contributed by atoms with Crippen LogP contribution in [-0.4, -0.2) is 37.2 Å². The van der Waals surface area contributed by atoms with Crippen LogP contribution in [-0.2, 0) is 28.6 Å². The van der Waals surface area contributed by atoms with E-state index in [1.165, 1.54) is 161 Å². The van der Waals surface area contributed by atoms with Gasteiger partial charge in [-0.2, -0.15) is 0 Å². The molecule has 0 heterocycles. The van der Waals surface area contributed by atoms with E-state index in [0.29, 0.717) is 19.3 Å². The fraction of sp³-hybridized carbons (Fsp3) is 0.940. The summed E-state index contributed by atoms with van der Waals surface area (Å²) in [4.78, 5) is 37.8. The van der Waals surface area contributed by atoms with Crippen molar-refractivity contribution < 1.29 is 28.6 Å². The second kappa shape index (κ2) is 43.0. The van der Waals surface area contributed by atoms with Crippen molar-refractivity contribution in [2.24, 2.45) is 11.8 Å². The fourth-order valence-electron chi connectivity index (χ4n) is 7.43. The van der Waals surface area contributed by atoms with E-state index in [0.717, 1.165) is 69.6 Å². The van der Waals surface area contributed by atoms with Crippen LogP contribution in [0.4, 0.5) is 0 Å². The van der Waals surface area contributed by atoms with Crippen LogP contribution >= 0.6 is 0 Å². The summed E-state index contributed by atoms with van der Waals surface area (Å²) in [6.07, 6.45) is 42.2. The first-order valence-corrected chi connectivity index (χ1v) is 24.8. The molecule has 0 radical (unpaired) electrons. The van der Waals surface area contributed by atoms with Crippen LogP contribution in [0.1, 0.15) is 272 Å². The quantitative estimate of drug-likeness (QED) is 0.0347. The first-order chi connectivity index (χ1) is 27.3. The Morgan fingerprint density at radius 3 is 1.02 bits per heavy atom. The van der Waals surface area contributed by atoms with E-state index in [-0.39, 0.29) is 31.1 Å². The molecule has 6 nitrogen and oxygen atoms in total. The Morgan fingerprint density at radius 2 is 0.679 bits per heavy atom. The first-order valence-electron chi connectivity index (χ1n) is 24.8. The molecular weight excluding hydrogens is 697 g/mol. The van der Waals surface area contributed by atoms with Crippen LogP contribution < -0.4 is 0 Å². The maximum Gasteiger partial charge on any atom is 0.306 e. The normalized spacial score (nSPS) is 12.5. The molecule has 1 unspecified atom stereocenters. The summed E-state index contributed by atoms with van der Waals surface area (Å²) in [5.41, 5.74) is 0. The number of carbonyl (C=O) groups excluding carboxylic acids is 3. The maximum atomic E-state index is 12.7. The lowest BCUT2D eigenvalue weighted by atomic mass is 9.99. The summed E-state index contributed by atoms with van der Waals surface area (Å²) >= 11 is 0. The van der Waals surface area contributed by atoms with Gasteiger partial charge in [-0.1, -0.05) is 234 Å². The van der Waals surface area contributed by atoms with Gasteiger partial charge < -0.3 is 14.2 Å². The molecule has 0 rings (SSSR count). The van der Waals surface area contributed by atoms with Crippen LogP contribution in [0.15, 0.2) is 0 Å². The van der Waals surface area contributed by atoms with Gasteiger partial charge in [0.15, 0.2) is 6.10 Å². The zero-order chi connectivity index (χ0) is 41.2. The highest BCUT2D eigenvalue weighted by atomic mass is 16.6. The van der Waals surface area contributed by atoms with Crippen molar-refractivity contribution in [1.29, 1.82) is 0 Å². The zero-order valence-electron chi connectivity index (χ0n) is 38.3. The fourth-order valence-corrected chi connectivity index (χ4v) is 7.43. The van der Waals surface area contributed by atoms with Gasteiger partial charge in [0.05, 0.1) is 0 Å². The number of esters is 3. The number of rotatable bonds is 44. The number of ether oxygens (including phenoxy) is 3. The molecule has 0 saturated carbocycles. The van der Waals surface area contributed by atoms with E-state index in [1.54, 1.807) is 0 Å². The first kappa shape index (κ1) is 54.4. The van der Waals surface area contributed by atoms with E-state index in [1.807, 2.05) is 0 Å². The molecule has 6 heteroatoms. The van der Waals surface area contributed by atoms with Crippen LogP contribution in [0.2, 0.25) is 0 Å². The third-order valence-corrected chi connectivity index (χ3v) is 11.6. The Morgan fingerprint density at radius 1 is 0.375 bits per heavy atom. The van der Waals surface area contributed by atoms with Gasteiger partial charge in [-0.15, -0.1) is 0 Å². The molecule has 0 N–H and O–H groups in total. The van der Waals surface area contributed by atoms with E-state index in [4.69, 9.17) is 14.2 Å². The molecule has 0 bridgehead atoms. The molecular formula is C50H96O6. The molecule has 2 atom stereocenters. The Balaban J connectivity index is 4.29. The molecule has 0 fully saturated rings. The lowest BCUT2D eigenvalue weighted by molar-refractivity contribution is -0.167. The summed E-state index contributed by atoms with van der Waals surface area (Å²) in [6, 6.07) is 0. The molecule has 0 aliphatic rings. The maximum absolute atomic E-state index is 12.7. The summed E-state index contributed by atoms with van der Waals surface area (Å²) < 4.78 is 16.8. The van der Waals surface area contributed by atoms with Crippen LogP contribution in [0.5, 0.6) is 0 Å².